The molecule has 0 amide bonds. The number of hydrogen-bond acceptors (Lipinski definition) is 4. The molecule has 1 aromatic carbocycles. The average Bonchev–Trinajstić information content (AvgIpc) is 2.60. The summed E-state index contributed by atoms with van der Waals surface area (Å²) in [5.41, 5.74) is 5.45. The summed E-state index contributed by atoms with van der Waals surface area (Å²) < 4.78 is 26.7. The second-order valence-electron chi connectivity index (χ2n) is 5.71. The fourth-order valence-electron chi connectivity index (χ4n) is 2.48. The zero-order valence-corrected chi connectivity index (χ0v) is 13.6. The van der Waals surface area contributed by atoms with Crippen LogP contribution < -0.4 is 5.73 Å². The van der Waals surface area contributed by atoms with Crippen LogP contribution in [0.25, 0.3) is 0 Å². The first-order valence-electron chi connectivity index (χ1n) is 6.97. The van der Waals surface area contributed by atoms with E-state index in [1.807, 2.05) is 0 Å². The zero-order chi connectivity index (χ0) is 15.7. The summed E-state index contributed by atoms with van der Waals surface area (Å²) in [4.78, 5) is 0.172. The van der Waals surface area contributed by atoms with E-state index in [1.54, 1.807) is 13.0 Å². The molecule has 1 aliphatic heterocycles. The Morgan fingerprint density at radius 2 is 2.10 bits per heavy atom. The quantitative estimate of drug-likeness (QED) is 0.882. The lowest BCUT2D eigenvalue weighted by Gasteiger charge is -2.22. The number of nitrogens with zero attached hydrogens (tertiary/aromatic N) is 1. The second-order valence-corrected chi connectivity index (χ2v) is 8.06. The molecule has 0 bridgehead atoms. The van der Waals surface area contributed by atoms with E-state index < -0.39 is 15.6 Å². The van der Waals surface area contributed by atoms with Gasteiger partial charge in [0.05, 0.1) is 10.5 Å². The summed E-state index contributed by atoms with van der Waals surface area (Å²) in [6.45, 7) is 2.74. The lowest BCUT2D eigenvalue weighted by atomic mass is 9.98. The van der Waals surface area contributed by atoms with Crippen LogP contribution in [-0.4, -0.2) is 36.5 Å². The summed E-state index contributed by atoms with van der Waals surface area (Å²) in [6.07, 6.45) is 1.67. The Balaban J connectivity index is 2.27. The highest BCUT2D eigenvalue weighted by molar-refractivity contribution is 7.89. The van der Waals surface area contributed by atoms with Crippen molar-refractivity contribution in [3.8, 4) is 0 Å². The van der Waals surface area contributed by atoms with E-state index in [1.165, 1.54) is 16.4 Å². The summed E-state index contributed by atoms with van der Waals surface area (Å²) in [6, 6.07) is 4.62. The van der Waals surface area contributed by atoms with E-state index in [0.29, 0.717) is 37.4 Å². The van der Waals surface area contributed by atoms with Crippen LogP contribution in [0.4, 0.5) is 0 Å². The van der Waals surface area contributed by atoms with Crippen LogP contribution in [0.3, 0.4) is 0 Å². The van der Waals surface area contributed by atoms with E-state index in [9.17, 15) is 13.5 Å². The molecular formula is C14H21ClN2O3S. The Hall–Kier alpha value is -0.660. The van der Waals surface area contributed by atoms with Crippen LogP contribution in [0.5, 0.6) is 0 Å². The number of hydrogen-bond donors (Lipinski definition) is 2. The molecule has 0 aromatic heterocycles. The van der Waals surface area contributed by atoms with Crippen molar-refractivity contribution in [3.63, 3.8) is 0 Å². The van der Waals surface area contributed by atoms with Crippen molar-refractivity contribution < 1.29 is 13.5 Å². The molecule has 0 radical (unpaired) electrons. The van der Waals surface area contributed by atoms with Gasteiger partial charge in [-0.1, -0.05) is 17.7 Å². The van der Waals surface area contributed by atoms with Crippen molar-refractivity contribution in [1.82, 2.24) is 4.31 Å². The summed E-state index contributed by atoms with van der Waals surface area (Å²) in [5.74, 6) is 0. The van der Waals surface area contributed by atoms with Crippen LogP contribution in [0.15, 0.2) is 23.1 Å². The third kappa shape index (κ3) is 3.76. The first-order chi connectivity index (χ1) is 9.76. The Labute approximate surface area is 130 Å². The van der Waals surface area contributed by atoms with E-state index in [4.69, 9.17) is 17.3 Å². The fraction of sp³-hybridized carbons (Fsp3) is 0.571. The van der Waals surface area contributed by atoms with Crippen LogP contribution >= 0.6 is 11.6 Å². The lowest BCUT2D eigenvalue weighted by Crippen LogP contribution is -2.33. The van der Waals surface area contributed by atoms with Gasteiger partial charge in [-0.15, -0.1) is 0 Å². The van der Waals surface area contributed by atoms with Gasteiger partial charge in [0.15, 0.2) is 0 Å². The number of benzene rings is 1. The van der Waals surface area contributed by atoms with Gasteiger partial charge >= 0.3 is 0 Å². The maximum atomic E-state index is 12.7. The third-order valence-electron chi connectivity index (χ3n) is 3.90. The number of nitrogens with two attached hydrogens (primary N) is 1. The molecule has 3 N–H and O–H groups in total. The minimum atomic E-state index is -3.59. The molecule has 1 aliphatic rings. The van der Waals surface area contributed by atoms with Crippen LogP contribution in [0.2, 0.25) is 5.02 Å². The molecule has 5 nitrogen and oxygen atoms in total. The maximum Gasteiger partial charge on any atom is 0.243 e. The molecule has 1 atom stereocenters. The van der Waals surface area contributed by atoms with Gasteiger partial charge in [-0.3, -0.25) is 0 Å². The van der Waals surface area contributed by atoms with Gasteiger partial charge in [-0.2, -0.15) is 4.31 Å². The molecule has 118 valence electrons. The highest BCUT2D eigenvalue weighted by atomic mass is 35.5. The number of rotatable bonds is 3. The predicted molar refractivity (Wildman–Crippen MR) is 82.6 cm³/mol. The van der Waals surface area contributed by atoms with Crippen molar-refractivity contribution in [2.75, 3.05) is 13.1 Å². The monoisotopic (exact) mass is 332 g/mol. The lowest BCUT2D eigenvalue weighted by molar-refractivity contribution is 0.0465. The molecule has 7 heteroatoms. The van der Waals surface area contributed by atoms with Gasteiger partial charge in [-0.05, 0) is 43.9 Å². The predicted octanol–water partition coefficient (Wildman–Crippen LogP) is 1.72. The van der Waals surface area contributed by atoms with Crippen molar-refractivity contribution >= 4 is 21.6 Å². The van der Waals surface area contributed by atoms with Gasteiger partial charge in [-0.25, -0.2) is 8.42 Å². The largest absolute Gasteiger partial charge is 0.390 e. The smallest absolute Gasteiger partial charge is 0.243 e. The Morgan fingerprint density at radius 3 is 2.71 bits per heavy atom. The molecule has 1 fully saturated rings. The highest BCUT2D eigenvalue weighted by Gasteiger charge is 2.31. The molecule has 1 aromatic rings. The van der Waals surface area contributed by atoms with Crippen molar-refractivity contribution in [1.29, 1.82) is 0 Å². The molecule has 0 saturated carbocycles. The minimum absolute atomic E-state index is 0.172. The standard InChI is InChI=1S/C14H21ClN2O3S/c1-14(18)5-2-7-17(8-6-14)21(19,20)12-4-3-11(10-16)13(15)9-12/h3-4,9,18H,2,5-8,10,16H2,1H3. The molecule has 0 spiro atoms. The molecular weight excluding hydrogens is 312 g/mol. The first-order valence-corrected chi connectivity index (χ1v) is 8.79. The second kappa shape index (κ2) is 6.22. The van der Waals surface area contributed by atoms with E-state index in [0.717, 1.165) is 5.56 Å². The van der Waals surface area contributed by atoms with Crippen LogP contribution in [0, 0.1) is 0 Å². The number of sulfonamides is 1. The Kier molecular flexibility index (Phi) is 4.95. The van der Waals surface area contributed by atoms with Crippen LogP contribution in [0.1, 0.15) is 31.7 Å². The number of halogens is 1. The maximum absolute atomic E-state index is 12.7. The molecule has 1 heterocycles. The normalized spacial score (nSPS) is 24.8. The van der Waals surface area contributed by atoms with Crippen LogP contribution in [-0.2, 0) is 16.6 Å². The average molecular weight is 333 g/mol. The van der Waals surface area contributed by atoms with Crippen molar-refractivity contribution in [3.05, 3.63) is 28.8 Å². The molecule has 1 saturated heterocycles. The zero-order valence-electron chi connectivity index (χ0n) is 12.0. The Morgan fingerprint density at radius 1 is 1.38 bits per heavy atom. The molecule has 0 aliphatic carbocycles. The minimum Gasteiger partial charge on any atom is -0.390 e. The van der Waals surface area contributed by atoms with Gasteiger partial charge in [0, 0.05) is 24.7 Å². The van der Waals surface area contributed by atoms with Gasteiger partial charge in [0.2, 0.25) is 10.0 Å². The fourth-order valence-corrected chi connectivity index (χ4v) is 4.31. The van der Waals surface area contributed by atoms with E-state index in [2.05, 4.69) is 0 Å². The Bertz CT molecular complexity index is 617. The summed E-state index contributed by atoms with van der Waals surface area (Å²) in [5, 5.41) is 10.4. The van der Waals surface area contributed by atoms with Gasteiger partial charge in [0.25, 0.3) is 0 Å². The van der Waals surface area contributed by atoms with E-state index >= 15 is 0 Å². The first kappa shape index (κ1) is 16.7. The third-order valence-corrected chi connectivity index (χ3v) is 6.15. The SMILES string of the molecule is CC1(O)CCCN(S(=O)(=O)c2ccc(CN)c(Cl)c2)CC1. The molecule has 21 heavy (non-hydrogen) atoms. The topological polar surface area (TPSA) is 83.6 Å². The number of aliphatic hydroxyl groups is 1. The van der Waals surface area contributed by atoms with Gasteiger partial charge in [0.1, 0.15) is 0 Å². The van der Waals surface area contributed by atoms with Crippen molar-refractivity contribution in [2.45, 2.75) is 43.2 Å². The summed E-state index contributed by atoms with van der Waals surface area (Å²) in [7, 11) is -3.59. The molecule has 1 unspecified atom stereocenters. The van der Waals surface area contributed by atoms with Gasteiger partial charge < -0.3 is 10.8 Å². The van der Waals surface area contributed by atoms with E-state index in [-0.39, 0.29) is 11.4 Å². The molecule has 2 rings (SSSR count). The highest BCUT2D eigenvalue weighted by Crippen LogP contribution is 2.27. The van der Waals surface area contributed by atoms with Crippen molar-refractivity contribution in [2.24, 2.45) is 5.73 Å². The summed E-state index contributed by atoms with van der Waals surface area (Å²) >= 11 is 6.05.